The maximum Gasteiger partial charge on any atom is 0.221 e. The van der Waals surface area contributed by atoms with Gasteiger partial charge < -0.3 is 10.1 Å². The Morgan fingerprint density at radius 2 is 2.18 bits per heavy atom. The molecule has 0 saturated carbocycles. The standard InChI is InChI=1S/C11H14N4O2/c1-9(16)14-10-3-5-11(6-4-10)17-8-2-7-13-15-12/h3-6H,2,7-8H2,1H3,(H,14,16). The molecule has 1 aromatic rings. The third-order valence-corrected chi connectivity index (χ3v) is 1.91. The predicted octanol–water partition coefficient (Wildman–Crippen LogP) is 2.72. The van der Waals surface area contributed by atoms with Gasteiger partial charge in [-0.05, 0) is 36.2 Å². The molecule has 17 heavy (non-hydrogen) atoms. The molecule has 0 unspecified atom stereocenters. The van der Waals surface area contributed by atoms with Crippen molar-refractivity contribution >= 4 is 11.6 Å². The number of rotatable bonds is 6. The molecule has 0 aliphatic rings. The topological polar surface area (TPSA) is 87.1 Å². The van der Waals surface area contributed by atoms with Gasteiger partial charge in [-0.3, -0.25) is 4.79 Å². The molecule has 0 fully saturated rings. The number of carbonyl (C=O) groups is 1. The maximum atomic E-state index is 10.8. The number of hydrogen-bond donors (Lipinski definition) is 1. The van der Waals surface area contributed by atoms with Gasteiger partial charge in [-0.2, -0.15) is 0 Å². The van der Waals surface area contributed by atoms with E-state index < -0.39 is 0 Å². The minimum Gasteiger partial charge on any atom is -0.494 e. The van der Waals surface area contributed by atoms with Gasteiger partial charge in [0.05, 0.1) is 6.61 Å². The Bertz CT molecular complexity index is 410. The van der Waals surface area contributed by atoms with Crippen LogP contribution in [0.15, 0.2) is 29.4 Å². The summed E-state index contributed by atoms with van der Waals surface area (Å²) < 4.78 is 5.42. The molecule has 0 atom stereocenters. The molecule has 1 aromatic carbocycles. The first kappa shape index (κ1) is 12.9. The molecule has 90 valence electrons. The number of hydrogen-bond acceptors (Lipinski definition) is 3. The molecule has 0 heterocycles. The first-order chi connectivity index (χ1) is 8.22. The highest BCUT2D eigenvalue weighted by molar-refractivity contribution is 5.88. The Labute approximate surface area is 99.2 Å². The Balaban J connectivity index is 2.35. The van der Waals surface area contributed by atoms with Gasteiger partial charge in [-0.25, -0.2) is 0 Å². The summed E-state index contributed by atoms with van der Waals surface area (Å²) in [5.74, 6) is 0.619. The average molecular weight is 234 g/mol. The molecule has 0 radical (unpaired) electrons. The molecular weight excluding hydrogens is 220 g/mol. The molecule has 0 aliphatic heterocycles. The van der Waals surface area contributed by atoms with Crippen LogP contribution in [-0.2, 0) is 4.79 Å². The van der Waals surface area contributed by atoms with Crippen LogP contribution in [-0.4, -0.2) is 19.1 Å². The minimum atomic E-state index is -0.104. The molecule has 0 bridgehead atoms. The van der Waals surface area contributed by atoms with E-state index in [9.17, 15) is 4.79 Å². The van der Waals surface area contributed by atoms with Crippen LogP contribution in [0.1, 0.15) is 13.3 Å². The zero-order valence-electron chi connectivity index (χ0n) is 9.59. The van der Waals surface area contributed by atoms with Crippen molar-refractivity contribution in [1.29, 1.82) is 0 Å². The Morgan fingerprint density at radius 1 is 1.47 bits per heavy atom. The van der Waals surface area contributed by atoms with Crippen LogP contribution >= 0.6 is 0 Å². The Hall–Kier alpha value is -2.20. The number of carbonyl (C=O) groups excluding carboxylic acids is 1. The summed E-state index contributed by atoms with van der Waals surface area (Å²) in [5.41, 5.74) is 8.80. The first-order valence-electron chi connectivity index (χ1n) is 5.23. The van der Waals surface area contributed by atoms with Crippen LogP contribution in [0, 0.1) is 0 Å². The molecule has 0 aromatic heterocycles. The maximum absolute atomic E-state index is 10.8. The zero-order valence-corrected chi connectivity index (χ0v) is 9.59. The fourth-order valence-electron chi connectivity index (χ4n) is 1.21. The van der Waals surface area contributed by atoms with Crippen molar-refractivity contribution in [3.8, 4) is 5.75 Å². The van der Waals surface area contributed by atoms with Crippen molar-refractivity contribution in [1.82, 2.24) is 0 Å². The van der Waals surface area contributed by atoms with E-state index in [2.05, 4.69) is 15.3 Å². The number of anilines is 1. The molecule has 1 rings (SSSR count). The van der Waals surface area contributed by atoms with Crippen LogP contribution < -0.4 is 10.1 Å². The van der Waals surface area contributed by atoms with Crippen molar-refractivity contribution in [2.75, 3.05) is 18.5 Å². The van der Waals surface area contributed by atoms with Gasteiger partial charge in [0.15, 0.2) is 0 Å². The summed E-state index contributed by atoms with van der Waals surface area (Å²) in [7, 11) is 0. The van der Waals surface area contributed by atoms with Gasteiger partial charge >= 0.3 is 0 Å². The lowest BCUT2D eigenvalue weighted by Gasteiger charge is -2.06. The average Bonchev–Trinajstić information content (AvgIpc) is 2.30. The van der Waals surface area contributed by atoms with E-state index in [4.69, 9.17) is 10.3 Å². The van der Waals surface area contributed by atoms with Crippen molar-refractivity contribution < 1.29 is 9.53 Å². The Morgan fingerprint density at radius 3 is 2.76 bits per heavy atom. The van der Waals surface area contributed by atoms with Gasteiger partial charge in [-0.15, -0.1) is 0 Å². The normalized spacial score (nSPS) is 9.24. The second-order valence-corrected chi connectivity index (χ2v) is 3.36. The summed E-state index contributed by atoms with van der Waals surface area (Å²) in [5, 5.41) is 6.07. The van der Waals surface area contributed by atoms with Crippen LogP contribution in [0.3, 0.4) is 0 Å². The van der Waals surface area contributed by atoms with Crippen molar-refractivity contribution in [2.24, 2.45) is 5.11 Å². The van der Waals surface area contributed by atoms with Crippen LogP contribution in [0.4, 0.5) is 5.69 Å². The van der Waals surface area contributed by atoms with Gasteiger partial charge in [-0.1, -0.05) is 5.11 Å². The third-order valence-electron chi connectivity index (χ3n) is 1.91. The number of benzene rings is 1. The summed E-state index contributed by atoms with van der Waals surface area (Å²) in [4.78, 5) is 13.4. The van der Waals surface area contributed by atoms with E-state index in [1.807, 2.05) is 0 Å². The summed E-state index contributed by atoms with van der Waals surface area (Å²) >= 11 is 0. The number of nitrogens with one attached hydrogen (secondary N) is 1. The van der Waals surface area contributed by atoms with E-state index >= 15 is 0 Å². The second kappa shape index (κ2) is 7.14. The lowest BCUT2D eigenvalue weighted by Crippen LogP contribution is -2.05. The van der Waals surface area contributed by atoms with Crippen LogP contribution in [0.5, 0.6) is 5.75 Å². The van der Waals surface area contributed by atoms with Crippen molar-refractivity contribution in [2.45, 2.75) is 13.3 Å². The number of azide groups is 1. The Kier molecular flexibility index (Phi) is 5.40. The highest BCUT2D eigenvalue weighted by atomic mass is 16.5. The molecule has 6 heteroatoms. The molecule has 6 nitrogen and oxygen atoms in total. The van der Waals surface area contributed by atoms with Gasteiger partial charge in [0.25, 0.3) is 0 Å². The number of nitrogens with zero attached hydrogens (tertiary/aromatic N) is 3. The summed E-state index contributed by atoms with van der Waals surface area (Å²) in [6.07, 6.45) is 0.678. The summed E-state index contributed by atoms with van der Waals surface area (Å²) in [6, 6.07) is 7.09. The SMILES string of the molecule is CC(=O)Nc1ccc(OCCCN=[N+]=[N-])cc1. The number of amides is 1. The van der Waals surface area contributed by atoms with Gasteiger partial charge in [0.2, 0.25) is 5.91 Å². The molecular formula is C11H14N4O2. The highest BCUT2D eigenvalue weighted by Crippen LogP contribution is 2.15. The second-order valence-electron chi connectivity index (χ2n) is 3.36. The van der Waals surface area contributed by atoms with Crippen molar-refractivity contribution in [3.63, 3.8) is 0 Å². The lowest BCUT2D eigenvalue weighted by atomic mass is 10.3. The zero-order chi connectivity index (χ0) is 12.5. The summed E-state index contributed by atoms with van der Waals surface area (Å²) in [6.45, 7) is 2.39. The van der Waals surface area contributed by atoms with E-state index in [1.165, 1.54) is 6.92 Å². The molecule has 1 N–H and O–H groups in total. The fourth-order valence-corrected chi connectivity index (χ4v) is 1.21. The van der Waals surface area contributed by atoms with Crippen LogP contribution in [0.2, 0.25) is 0 Å². The molecule has 0 aliphatic carbocycles. The van der Waals surface area contributed by atoms with E-state index in [0.717, 1.165) is 11.4 Å². The van der Waals surface area contributed by atoms with Crippen LogP contribution in [0.25, 0.3) is 10.4 Å². The lowest BCUT2D eigenvalue weighted by molar-refractivity contribution is -0.114. The van der Waals surface area contributed by atoms with Gasteiger partial charge in [0.1, 0.15) is 5.75 Å². The fraction of sp³-hybridized carbons (Fsp3) is 0.364. The van der Waals surface area contributed by atoms with E-state index in [1.54, 1.807) is 24.3 Å². The monoisotopic (exact) mass is 234 g/mol. The quantitative estimate of drug-likeness (QED) is 0.355. The molecule has 0 saturated heterocycles. The molecule has 1 amide bonds. The smallest absolute Gasteiger partial charge is 0.221 e. The predicted molar refractivity (Wildman–Crippen MR) is 64.9 cm³/mol. The number of ether oxygens (including phenoxy) is 1. The van der Waals surface area contributed by atoms with E-state index in [0.29, 0.717) is 19.6 Å². The highest BCUT2D eigenvalue weighted by Gasteiger charge is 1.96. The largest absolute Gasteiger partial charge is 0.494 e. The van der Waals surface area contributed by atoms with Crippen molar-refractivity contribution in [3.05, 3.63) is 34.7 Å². The first-order valence-corrected chi connectivity index (χ1v) is 5.23. The van der Waals surface area contributed by atoms with Gasteiger partial charge in [0, 0.05) is 24.1 Å². The minimum absolute atomic E-state index is 0.104. The third kappa shape index (κ3) is 5.44. The molecule has 0 spiro atoms. The van der Waals surface area contributed by atoms with E-state index in [-0.39, 0.29) is 5.91 Å².